The van der Waals surface area contributed by atoms with Crippen molar-refractivity contribution in [3.63, 3.8) is 0 Å². The van der Waals surface area contributed by atoms with Gasteiger partial charge in [0.25, 0.3) is 0 Å². The predicted molar refractivity (Wildman–Crippen MR) is 65.2 cm³/mol. The molecule has 1 heterocycles. The number of hydrogen-bond donors (Lipinski definition) is 2. The summed E-state index contributed by atoms with van der Waals surface area (Å²) in [4.78, 5) is 0. The van der Waals surface area contributed by atoms with Crippen LogP contribution in [0.4, 0.5) is 0 Å². The second kappa shape index (κ2) is 5.51. The summed E-state index contributed by atoms with van der Waals surface area (Å²) in [5.74, 6) is 1.23. The summed E-state index contributed by atoms with van der Waals surface area (Å²) in [6.45, 7) is 10.3. The Bertz CT molecular complexity index is 291. The van der Waals surface area contributed by atoms with Gasteiger partial charge in [-0.05, 0) is 23.5 Å². The topological polar surface area (TPSA) is 45.4 Å². The molecule has 0 aromatic carbocycles. The van der Waals surface area contributed by atoms with E-state index in [-0.39, 0.29) is 5.41 Å². The molecule has 1 atom stereocenters. The fourth-order valence-corrected chi connectivity index (χ4v) is 1.32. The Balaban J connectivity index is 2.31. The molecule has 0 aliphatic carbocycles. The van der Waals surface area contributed by atoms with Crippen LogP contribution in [0.2, 0.25) is 0 Å². The van der Waals surface area contributed by atoms with Crippen molar-refractivity contribution in [1.82, 2.24) is 5.32 Å². The van der Waals surface area contributed by atoms with Gasteiger partial charge in [-0.2, -0.15) is 0 Å². The van der Waals surface area contributed by atoms with Gasteiger partial charge in [-0.1, -0.05) is 27.7 Å². The second-order valence-electron chi connectivity index (χ2n) is 5.31. The van der Waals surface area contributed by atoms with E-state index in [9.17, 15) is 5.11 Å². The normalized spacial score (nSPS) is 14.4. The van der Waals surface area contributed by atoms with Gasteiger partial charge in [0.1, 0.15) is 11.9 Å². The van der Waals surface area contributed by atoms with Crippen molar-refractivity contribution in [3.8, 4) is 0 Å². The van der Waals surface area contributed by atoms with E-state index >= 15 is 0 Å². The van der Waals surface area contributed by atoms with Crippen molar-refractivity contribution in [2.45, 2.75) is 33.8 Å². The van der Waals surface area contributed by atoms with Gasteiger partial charge in [0.15, 0.2) is 0 Å². The summed E-state index contributed by atoms with van der Waals surface area (Å²) in [5, 5.41) is 13.1. The second-order valence-corrected chi connectivity index (χ2v) is 5.31. The summed E-state index contributed by atoms with van der Waals surface area (Å²) in [7, 11) is 0. The minimum atomic E-state index is -0.557. The predicted octanol–water partition coefficient (Wildman–Crippen LogP) is 2.58. The molecule has 16 heavy (non-hydrogen) atoms. The Hall–Kier alpha value is -0.800. The Morgan fingerprint density at radius 1 is 1.44 bits per heavy atom. The van der Waals surface area contributed by atoms with Crippen LogP contribution in [0.1, 0.15) is 39.6 Å². The number of nitrogens with one attached hydrogen (secondary N) is 1. The van der Waals surface area contributed by atoms with E-state index in [0.29, 0.717) is 18.2 Å². The van der Waals surface area contributed by atoms with Crippen LogP contribution >= 0.6 is 0 Å². The average Bonchev–Trinajstić information content (AvgIpc) is 2.69. The van der Waals surface area contributed by atoms with Crippen LogP contribution < -0.4 is 5.32 Å². The average molecular weight is 225 g/mol. The highest BCUT2D eigenvalue weighted by atomic mass is 16.4. The summed E-state index contributed by atoms with van der Waals surface area (Å²) in [6, 6.07) is 3.58. The minimum absolute atomic E-state index is 0.239. The quantitative estimate of drug-likeness (QED) is 0.782. The lowest BCUT2D eigenvalue weighted by Gasteiger charge is -2.29. The molecule has 0 saturated carbocycles. The standard InChI is InChI=1S/C13H23NO2/c1-10(2)13(3,4)9-14-8-11(15)12-6-5-7-16-12/h5-7,10-11,14-15H,8-9H2,1-4H3. The van der Waals surface area contributed by atoms with Gasteiger partial charge in [0.05, 0.1) is 6.26 Å². The molecule has 0 amide bonds. The largest absolute Gasteiger partial charge is 0.467 e. The Morgan fingerprint density at radius 2 is 2.12 bits per heavy atom. The van der Waals surface area contributed by atoms with E-state index in [4.69, 9.17) is 4.42 Å². The number of aliphatic hydroxyl groups is 1. The van der Waals surface area contributed by atoms with Gasteiger partial charge in [-0.3, -0.25) is 0 Å². The third kappa shape index (κ3) is 3.65. The summed E-state index contributed by atoms with van der Waals surface area (Å²) in [6.07, 6.45) is 1.02. The van der Waals surface area contributed by atoms with Crippen LogP contribution in [-0.4, -0.2) is 18.2 Å². The molecule has 0 aliphatic rings. The zero-order chi connectivity index (χ0) is 12.2. The number of furan rings is 1. The monoisotopic (exact) mass is 225 g/mol. The first kappa shape index (κ1) is 13.3. The Morgan fingerprint density at radius 3 is 2.62 bits per heavy atom. The maximum atomic E-state index is 9.79. The SMILES string of the molecule is CC(C)C(C)(C)CNCC(O)c1ccco1. The molecule has 2 N–H and O–H groups in total. The molecule has 1 aromatic heterocycles. The lowest BCUT2D eigenvalue weighted by Crippen LogP contribution is -2.35. The lowest BCUT2D eigenvalue weighted by atomic mass is 9.81. The zero-order valence-electron chi connectivity index (χ0n) is 10.7. The lowest BCUT2D eigenvalue weighted by molar-refractivity contribution is 0.138. The maximum Gasteiger partial charge on any atom is 0.133 e. The first-order chi connectivity index (χ1) is 7.43. The zero-order valence-corrected chi connectivity index (χ0v) is 10.7. The van der Waals surface area contributed by atoms with E-state index in [1.54, 1.807) is 18.4 Å². The smallest absolute Gasteiger partial charge is 0.133 e. The maximum absolute atomic E-state index is 9.79. The summed E-state index contributed by atoms with van der Waals surface area (Å²) in [5.41, 5.74) is 0.239. The molecule has 0 spiro atoms. The van der Waals surface area contributed by atoms with Crippen molar-refractivity contribution >= 4 is 0 Å². The van der Waals surface area contributed by atoms with E-state index in [2.05, 4.69) is 33.0 Å². The van der Waals surface area contributed by atoms with Crippen LogP contribution in [0, 0.1) is 11.3 Å². The highest BCUT2D eigenvalue weighted by Gasteiger charge is 2.22. The highest BCUT2D eigenvalue weighted by molar-refractivity contribution is 5.02. The molecule has 92 valence electrons. The molecule has 1 unspecified atom stereocenters. The first-order valence-electron chi connectivity index (χ1n) is 5.85. The Labute approximate surface area is 97.9 Å². The van der Waals surface area contributed by atoms with Crippen molar-refractivity contribution in [3.05, 3.63) is 24.2 Å². The molecule has 0 radical (unpaired) electrons. The molecule has 0 saturated heterocycles. The van der Waals surface area contributed by atoms with Crippen LogP contribution in [0.25, 0.3) is 0 Å². The summed E-state index contributed by atoms with van der Waals surface area (Å²) < 4.78 is 5.14. The van der Waals surface area contributed by atoms with E-state index < -0.39 is 6.10 Å². The van der Waals surface area contributed by atoms with Gasteiger partial charge in [-0.25, -0.2) is 0 Å². The van der Waals surface area contributed by atoms with Gasteiger partial charge >= 0.3 is 0 Å². The van der Waals surface area contributed by atoms with Crippen LogP contribution in [0.5, 0.6) is 0 Å². The Kier molecular flexibility index (Phi) is 4.56. The number of aliphatic hydroxyl groups excluding tert-OH is 1. The molecule has 3 nitrogen and oxygen atoms in total. The first-order valence-corrected chi connectivity index (χ1v) is 5.85. The molecule has 0 fully saturated rings. The fourth-order valence-electron chi connectivity index (χ4n) is 1.32. The van der Waals surface area contributed by atoms with Gasteiger partial charge in [0.2, 0.25) is 0 Å². The van der Waals surface area contributed by atoms with Crippen molar-refractivity contribution in [2.24, 2.45) is 11.3 Å². The number of rotatable bonds is 6. The van der Waals surface area contributed by atoms with Gasteiger partial charge in [0, 0.05) is 13.1 Å². The van der Waals surface area contributed by atoms with Crippen molar-refractivity contribution in [1.29, 1.82) is 0 Å². The van der Waals surface area contributed by atoms with Crippen LogP contribution in [0.15, 0.2) is 22.8 Å². The molecular weight excluding hydrogens is 202 g/mol. The van der Waals surface area contributed by atoms with E-state index in [1.165, 1.54) is 0 Å². The fraction of sp³-hybridized carbons (Fsp3) is 0.692. The molecule has 3 heteroatoms. The van der Waals surface area contributed by atoms with Gasteiger partial charge in [-0.15, -0.1) is 0 Å². The molecule has 1 aromatic rings. The summed E-state index contributed by atoms with van der Waals surface area (Å²) >= 11 is 0. The molecule has 1 rings (SSSR count). The van der Waals surface area contributed by atoms with E-state index in [1.807, 2.05) is 0 Å². The molecule has 0 aliphatic heterocycles. The number of hydrogen-bond acceptors (Lipinski definition) is 3. The van der Waals surface area contributed by atoms with Crippen molar-refractivity contribution < 1.29 is 9.52 Å². The van der Waals surface area contributed by atoms with Crippen molar-refractivity contribution in [2.75, 3.05) is 13.1 Å². The molecule has 0 bridgehead atoms. The highest BCUT2D eigenvalue weighted by Crippen LogP contribution is 2.24. The molecular formula is C13H23NO2. The third-order valence-electron chi connectivity index (χ3n) is 3.35. The van der Waals surface area contributed by atoms with Gasteiger partial charge < -0.3 is 14.8 Å². The minimum Gasteiger partial charge on any atom is -0.467 e. The van der Waals surface area contributed by atoms with Crippen LogP contribution in [-0.2, 0) is 0 Å². The third-order valence-corrected chi connectivity index (χ3v) is 3.35. The van der Waals surface area contributed by atoms with E-state index in [0.717, 1.165) is 6.54 Å². The van der Waals surface area contributed by atoms with Crippen LogP contribution in [0.3, 0.4) is 0 Å².